The van der Waals surface area contributed by atoms with Gasteiger partial charge in [-0.3, -0.25) is 14.6 Å². The Morgan fingerprint density at radius 1 is 0.971 bits per heavy atom. The average Bonchev–Trinajstić information content (AvgIpc) is 3.38. The van der Waals surface area contributed by atoms with Crippen molar-refractivity contribution in [3.63, 3.8) is 0 Å². The van der Waals surface area contributed by atoms with E-state index >= 15 is 0 Å². The van der Waals surface area contributed by atoms with E-state index in [0.29, 0.717) is 11.5 Å². The molecule has 0 bridgehead atoms. The summed E-state index contributed by atoms with van der Waals surface area (Å²) in [6.45, 7) is 0.258. The van der Waals surface area contributed by atoms with Crippen LogP contribution in [0.4, 0.5) is 15.8 Å². The molecule has 0 aliphatic heterocycles. The Morgan fingerprint density at radius 3 is 2.56 bits per heavy atom. The zero-order valence-electron chi connectivity index (χ0n) is 17.9. The third kappa shape index (κ3) is 5.54. The first-order chi connectivity index (χ1) is 16.5. The van der Waals surface area contributed by atoms with Crippen LogP contribution in [0.25, 0.3) is 0 Å². The molecule has 4 aromatic rings. The van der Waals surface area contributed by atoms with Gasteiger partial charge in [0, 0.05) is 17.1 Å². The van der Waals surface area contributed by atoms with Crippen molar-refractivity contribution in [3.05, 3.63) is 94.5 Å². The highest BCUT2D eigenvalue weighted by atomic mass is 32.1. The fourth-order valence-electron chi connectivity index (χ4n) is 3.00. The lowest BCUT2D eigenvalue weighted by Gasteiger charge is -2.14. The van der Waals surface area contributed by atoms with E-state index in [2.05, 4.69) is 20.6 Å². The Hall–Kier alpha value is -4.31. The van der Waals surface area contributed by atoms with E-state index in [1.807, 2.05) is 5.38 Å². The highest BCUT2D eigenvalue weighted by molar-refractivity contribution is 7.07. The number of amides is 2. The van der Waals surface area contributed by atoms with Gasteiger partial charge in [-0.1, -0.05) is 6.07 Å². The summed E-state index contributed by atoms with van der Waals surface area (Å²) in [5.41, 5.74) is 3.24. The second kappa shape index (κ2) is 10.5. The summed E-state index contributed by atoms with van der Waals surface area (Å²) in [5, 5.41) is 7.14. The smallest absolute Gasteiger partial charge is 0.274 e. The zero-order valence-corrected chi connectivity index (χ0v) is 18.8. The standard InChI is InChI=1S/C24H19FN4O4S/c1-32-22-10-15(5-8-21(22)33-12-17-13-34-14-27-17)23(30)29-20-11-16(25)6-7-18(20)28-24(31)19-4-2-3-9-26-19/h2-11,13-14H,12H2,1H3,(H,28,31)(H,29,30). The monoisotopic (exact) mass is 478 g/mol. The number of benzene rings is 2. The lowest BCUT2D eigenvalue weighted by atomic mass is 10.1. The molecule has 0 aliphatic rings. The number of carbonyl (C=O) groups is 2. The molecule has 2 N–H and O–H groups in total. The Morgan fingerprint density at radius 2 is 1.82 bits per heavy atom. The third-order valence-corrected chi connectivity index (χ3v) is 5.30. The van der Waals surface area contributed by atoms with Crippen LogP contribution in [0.1, 0.15) is 26.5 Å². The number of ether oxygens (including phenoxy) is 2. The molecular formula is C24H19FN4O4S. The number of hydrogen-bond acceptors (Lipinski definition) is 7. The highest BCUT2D eigenvalue weighted by Crippen LogP contribution is 2.30. The molecule has 0 spiro atoms. The average molecular weight is 479 g/mol. The maximum Gasteiger partial charge on any atom is 0.274 e. The lowest BCUT2D eigenvalue weighted by Crippen LogP contribution is -2.17. The molecule has 2 aromatic carbocycles. The number of rotatable bonds is 8. The summed E-state index contributed by atoms with van der Waals surface area (Å²) >= 11 is 1.46. The zero-order chi connectivity index (χ0) is 23.9. The first kappa shape index (κ1) is 22.9. The summed E-state index contributed by atoms with van der Waals surface area (Å²) in [6.07, 6.45) is 1.49. The van der Waals surface area contributed by atoms with Crippen LogP contribution in [-0.2, 0) is 6.61 Å². The number of halogens is 1. The van der Waals surface area contributed by atoms with Gasteiger partial charge in [0.15, 0.2) is 11.5 Å². The van der Waals surface area contributed by atoms with E-state index in [0.717, 1.165) is 11.8 Å². The minimum absolute atomic E-state index is 0.0945. The van der Waals surface area contributed by atoms with E-state index in [9.17, 15) is 14.0 Å². The highest BCUT2D eigenvalue weighted by Gasteiger charge is 2.16. The van der Waals surface area contributed by atoms with E-state index in [-0.39, 0.29) is 29.2 Å². The first-order valence-corrected chi connectivity index (χ1v) is 11.0. The van der Waals surface area contributed by atoms with Gasteiger partial charge >= 0.3 is 0 Å². The molecule has 0 saturated carbocycles. The number of nitrogens with one attached hydrogen (secondary N) is 2. The number of carbonyl (C=O) groups excluding carboxylic acids is 2. The summed E-state index contributed by atoms with van der Waals surface area (Å²) in [7, 11) is 1.46. The van der Waals surface area contributed by atoms with Crippen molar-refractivity contribution in [2.75, 3.05) is 17.7 Å². The van der Waals surface area contributed by atoms with Gasteiger partial charge in [0.1, 0.15) is 18.1 Å². The van der Waals surface area contributed by atoms with Crippen molar-refractivity contribution >= 4 is 34.5 Å². The van der Waals surface area contributed by atoms with Crippen molar-refractivity contribution in [1.29, 1.82) is 0 Å². The number of aromatic nitrogens is 2. The van der Waals surface area contributed by atoms with Crippen molar-refractivity contribution in [3.8, 4) is 11.5 Å². The van der Waals surface area contributed by atoms with Gasteiger partial charge in [0.2, 0.25) is 0 Å². The van der Waals surface area contributed by atoms with E-state index < -0.39 is 17.6 Å². The SMILES string of the molecule is COc1cc(C(=O)Nc2cc(F)ccc2NC(=O)c2ccccn2)ccc1OCc1cscn1. The molecule has 2 aromatic heterocycles. The molecule has 0 fully saturated rings. The fourth-order valence-corrected chi connectivity index (χ4v) is 3.54. The van der Waals surface area contributed by atoms with Gasteiger partial charge in [-0.15, -0.1) is 11.3 Å². The van der Waals surface area contributed by atoms with Gasteiger partial charge in [0.05, 0.1) is 29.7 Å². The Kier molecular flexibility index (Phi) is 7.09. The summed E-state index contributed by atoms with van der Waals surface area (Å²) in [6, 6.07) is 13.2. The van der Waals surface area contributed by atoms with Crippen LogP contribution in [0.2, 0.25) is 0 Å². The van der Waals surface area contributed by atoms with Crippen LogP contribution in [0.5, 0.6) is 11.5 Å². The second-order valence-electron chi connectivity index (χ2n) is 6.95. The maximum atomic E-state index is 13.9. The number of hydrogen-bond donors (Lipinski definition) is 2. The van der Waals surface area contributed by atoms with E-state index in [4.69, 9.17) is 9.47 Å². The molecule has 2 amide bonds. The molecule has 172 valence electrons. The number of pyridine rings is 1. The molecule has 8 nitrogen and oxygen atoms in total. The normalized spacial score (nSPS) is 10.4. The Balaban J connectivity index is 1.50. The minimum Gasteiger partial charge on any atom is -0.493 e. The van der Waals surface area contributed by atoms with Gasteiger partial charge in [0.25, 0.3) is 11.8 Å². The maximum absolute atomic E-state index is 13.9. The number of anilines is 2. The van der Waals surface area contributed by atoms with E-state index in [1.54, 1.807) is 35.8 Å². The number of nitrogens with zero attached hydrogens (tertiary/aromatic N) is 2. The molecule has 0 saturated heterocycles. The molecular weight excluding hydrogens is 459 g/mol. The largest absolute Gasteiger partial charge is 0.493 e. The van der Waals surface area contributed by atoms with Gasteiger partial charge in [-0.05, 0) is 48.5 Å². The number of thiazole rings is 1. The van der Waals surface area contributed by atoms with Crippen molar-refractivity contribution in [2.24, 2.45) is 0 Å². The molecule has 4 rings (SSSR count). The minimum atomic E-state index is -0.575. The van der Waals surface area contributed by atoms with E-state index in [1.165, 1.54) is 42.8 Å². The quantitative estimate of drug-likeness (QED) is 0.378. The van der Waals surface area contributed by atoms with Gasteiger partial charge in [-0.25, -0.2) is 9.37 Å². The summed E-state index contributed by atoms with van der Waals surface area (Å²) in [4.78, 5) is 33.5. The van der Waals surface area contributed by atoms with Crippen molar-refractivity contribution < 1.29 is 23.5 Å². The topological polar surface area (TPSA) is 102 Å². The van der Waals surface area contributed by atoms with Crippen LogP contribution in [-0.4, -0.2) is 28.9 Å². The number of methoxy groups -OCH3 is 1. The van der Waals surface area contributed by atoms with Gasteiger partial charge < -0.3 is 20.1 Å². The third-order valence-electron chi connectivity index (χ3n) is 4.66. The predicted octanol–water partition coefficient (Wildman–Crippen LogP) is 4.77. The lowest BCUT2D eigenvalue weighted by molar-refractivity contribution is 0.101. The van der Waals surface area contributed by atoms with Crippen molar-refractivity contribution in [2.45, 2.75) is 6.61 Å². The summed E-state index contributed by atoms with van der Waals surface area (Å²) in [5.74, 6) is -0.796. The van der Waals surface area contributed by atoms with Crippen LogP contribution >= 0.6 is 11.3 Å². The van der Waals surface area contributed by atoms with Crippen LogP contribution < -0.4 is 20.1 Å². The Labute approximate surface area is 198 Å². The molecule has 0 atom stereocenters. The molecule has 0 aliphatic carbocycles. The molecule has 10 heteroatoms. The van der Waals surface area contributed by atoms with Crippen LogP contribution in [0.3, 0.4) is 0 Å². The first-order valence-electron chi connectivity index (χ1n) is 10.0. The molecule has 2 heterocycles. The van der Waals surface area contributed by atoms with Gasteiger partial charge in [-0.2, -0.15) is 0 Å². The van der Waals surface area contributed by atoms with Crippen LogP contribution in [0.15, 0.2) is 71.7 Å². The predicted molar refractivity (Wildman–Crippen MR) is 126 cm³/mol. The van der Waals surface area contributed by atoms with Crippen molar-refractivity contribution in [1.82, 2.24) is 9.97 Å². The molecule has 0 unspecified atom stereocenters. The summed E-state index contributed by atoms with van der Waals surface area (Å²) < 4.78 is 25.0. The van der Waals surface area contributed by atoms with Crippen LogP contribution in [0, 0.1) is 5.82 Å². The molecule has 0 radical (unpaired) electrons. The molecule has 34 heavy (non-hydrogen) atoms. The fraction of sp³-hybridized carbons (Fsp3) is 0.0833. The Bertz CT molecular complexity index is 1300. The second-order valence-corrected chi connectivity index (χ2v) is 7.67.